The second-order valence-electron chi connectivity index (χ2n) is 8.77. The molecule has 4 aromatic rings. The zero-order chi connectivity index (χ0) is 23.3. The summed E-state index contributed by atoms with van der Waals surface area (Å²) < 4.78 is 2.04. The summed E-state index contributed by atoms with van der Waals surface area (Å²) in [6.07, 6.45) is 5.69. The van der Waals surface area contributed by atoms with Crippen molar-refractivity contribution >= 4 is 22.8 Å². The number of aryl methyl sites for hydroxylation is 2. The number of rotatable bonds is 5. The van der Waals surface area contributed by atoms with E-state index in [0.717, 1.165) is 45.1 Å². The molecule has 1 aliphatic rings. The highest BCUT2D eigenvalue weighted by atomic mass is 16.2. The number of allylic oxidation sites excluding steroid dienone is 1. The van der Waals surface area contributed by atoms with Gasteiger partial charge in [0, 0.05) is 30.2 Å². The van der Waals surface area contributed by atoms with Gasteiger partial charge in [-0.1, -0.05) is 11.6 Å². The highest BCUT2D eigenvalue weighted by molar-refractivity contribution is 6.07. The first-order valence-electron chi connectivity index (χ1n) is 10.9. The molecular formula is C25H25N7O. The van der Waals surface area contributed by atoms with Crippen molar-refractivity contribution in [3.63, 3.8) is 0 Å². The average molecular weight is 440 g/mol. The van der Waals surface area contributed by atoms with Crippen molar-refractivity contribution in [2.24, 2.45) is 0 Å². The molecule has 8 heteroatoms. The van der Waals surface area contributed by atoms with Crippen LogP contribution in [0.25, 0.3) is 33.8 Å². The van der Waals surface area contributed by atoms with Gasteiger partial charge in [0.05, 0.1) is 11.0 Å². The number of carbonyl (C=O) groups excluding carboxylic acids is 1. The highest BCUT2D eigenvalue weighted by Gasteiger charge is 2.42. The first kappa shape index (κ1) is 20.9. The fourth-order valence-corrected chi connectivity index (χ4v) is 4.59. The Bertz CT molecular complexity index is 1420. The number of hydrogen-bond acceptors (Lipinski definition) is 6. The normalized spacial score (nSPS) is 17.3. The number of amides is 1. The van der Waals surface area contributed by atoms with Crippen molar-refractivity contribution in [3.8, 4) is 22.6 Å². The van der Waals surface area contributed by atoms with Gasteiger partial charge >= 0.3 is 0 Å². The summed E-state index contributed by atoms with van der Waals surface area (Å²) in [5.74, 6) is 1.44. The topological polar surface area (TPSA) is 98.5 Å². The Labute approximate surface area is 191 Å². The summed E-state index contributed by atoms with van der Waals surface area (Å²) in [6.45, 7) is 12.5. The highest BCUT2D eigenvalue weighted by Crippen LogP contribution is 2.43. The first-order chi connectivity index (χ1) is 15.8. The van der Waals surface area contributed by atoms with Crippen LogP contribution in [0.15, 0.2) is 49.1 Å². The summed E-state index contributed by atoms with van der Waals surface area (Å²) in [4.78, 5) is 35.5. The standard InChI is InChI=1S/C25H25N7O/c1-6-32-22(17-11-26-15(4)27-12-17)31-21-20(28-13-29-23(21)32)16-7-8-19-18(9-16)25(5,10-14(2)3)24(33)30-19/h7-9,11-13H,2,6,10H2,1,3-5H3,(H,30,33). The predicted octanol–water partition coefficient (Wildman–Crippen LogP) is 4.45. The zero-order valence-corrected chi connectivity index (χ0v) is 19.2. The first-order valence-corrected chi connectivity index (χ1v) is 10.9. The van der Waals surface area contributed by atoms with Crippen LogP contribution in [-0.2, 0) is 16.8 Å². The Balaban J connectivity index is 1.69. The third-order valence-corrected chi connectivity index (χ3v) is 6.18. The number of aromatic nitrogens is 6. The second-order valence-corrected chi connectivity index (χ2v) is 8.77. The van der Waals surface area contributed by atoms with Crippen LogP contribution in [0.1, 0.15) is 38.6 Å². The van der Waals surface area contributed by atoms with Gasteiger partial charge in [0.15, 0.2) is 5.65 Å². The van der Waals surface area contributed by atoms with Gasteiger partial charge in [0.1, 0.15) is 29.2 Å². The fraction of sp³-hybridized carbons (Fsp3) is 0.280. The van der Waals surface area contributed by atoms with E-state index in [1.165, 1.54) is 0 Å². The van der Waals surface area contributed by atoms with Crippen LogP contribution in [0.2, 0.25) is 0 Å². The Kier molecular flexibility index (Phi) is 4.81. The van der Waals surface area contributed by atoms with Gasteiger partial charge in [-0.05, 0) is 51.8 Å². The summed E-state index contributed by atoms with van der Waals surface area (Å²) in [5.41, 5.74) is 5.95. The maximum atomic E-state index is 12.8. The van der Waals surface area contributed by atoms with E-state index in [9.17, 15) is 4.79 Å². The van der Waals surface area contributed by atoms with Crippen LogP contribution in [0, 0.1) is 6.92 Å². The monoisotopic (exact) mass is 439 g/mol. The van der Waals surface area contributed by atoms with E-state index in [-0.39, 0.29) is 5.91 Å². The molecule has 0 spiro atoms. The fourth-order valence-electron chi connectivity index (χ4n) is 4.59. The molecule has 3 aromatic heterocycles. The molecule has 0 fully saturated rings. The summed E-state index contributed by atoms with van der Waals surface area (Å²) in [5, 5.41) is 3.01. The van der Waals surface area contributed by atoms with Gasteiger partial charge in [-0.3, -0.25) is 4.79 Å². The third kappa shape index (κ3) is 3.29. The smallest absolute Gasteiger partial charge is 0.235 e. The van der Waals surface area contributed by atoms with Crippen LogP contribution in [0.3, 0.4) is 0 Å². The lowest BCUT2D eigenvalue weighted by Crippen LogP contribution is -2.31. The average Bonchev–Trinajstić information content (AvgIpc) is 3.28. The molecule has 166 valence electrons. The lowest BCUT2D eigenvalue weighted by molar-refractivity contribution is -0.120. The molecule has 0 saturated heterocycles. The molecule has 0 bridgehead atoms. The maximum absolute atomic E-state index is 12.8. The number of carbonyl (C=O) groups is 1. The van der Waals surface area contributed by atoms with E-state index in [0.29, 0.717) is 24.3 Å². The van der Waals surface area contributed by atoms with Gasteiger partial charge in [-0.2, -0.15) is 0 Å². The number of anilines is 1. The van der Waals surface area contributed by atoms with E-state index in [2.05, 4.69) is 38.8 Å². The zero-order valence-electron chi connectivity index (χ0n) is 19.2. The van der Waals surface area contributed by atoms with Gasteiger partial charge < -0.3 is 9.88 Å². The molecule has 0 radical (unpaired) electrons. The third-order valence-electron chi connectivity index (χ3n) is 6.18. The Morgan fingerprint density at radius 2 is 1.91 bits per heavy atom. The molecule has 8 nitrogen and oxygen atoms in total. The van der Waals surface area contributed by atoms with Gasteiger partial charge in [0.25, 0.3) is 0 Å². The molecule has 4 heterocycles. The van der Waals surface area contributed by atoms with Gasteiger partial charge in [-0.15, -0.1) is 6.58 Å². The predicted molar refractivity (Wildman–Crippen MR) is 128 cm³/mol. The Morgan fingerprint density at radius 1 is 1.15 bits per heavy atom. The second kappa shape index (κ2) is 7.58. The SMILES string of the molecule is C=C(C)CC1(C)C(=O)Nc2ccc(-c3ncnc4c3nc(-c3cnc(C)nc3)n4CC)cc21. The summed E-state index contributed by atoms with van der Waals surface area (Å²) in [6, 6.07) is 5.94. The van der Waals surface area contributed by atoms with Crippen LogP contribution >= 0.6 is 0 Å². The Morgan fingerprint density at radius 3 is 2.61 bits per heavy atom. The van der Waals surface area contributed by atoms with Crippen molar-refractivity contribution in [1.29, 1.82) is 0 Å². The molecule has 1 N–H and O–H groups in total. The number of hydrogen-bond donors (Lipinski definition) is 1. The lowest BCUT2D eigenvalue weighted by Gasteiger charge is -2.22. The van der Waals surface area contributed by atoms with E-state index < -0.39 is 5.41 Å². The van der Waals surface area contributed by atoms with Crippen molar-refractivity contribution < 1.29 is 4.79 Å². The number of nitrogens with zero attached hydrogens (tertiary/aromatic N) is 6. The van der Waals surface area contributed by atoms with Crippen molar-refractivity contribution in [3.05, 3.63) is 60.5 Å². The van der Waals surface area contributed by atoms with Crippen LogP contribution in [-0.4, -0.2) is 35.4 Å². The number of fused-ring (bicyclic) bond motifs is 2. The minimum atomic E-state index is -0.670. The summed E-state index contributed by atoms with van der Waals surface area (Å²) in [7, 11) is 0. The van der Waals surface area contributed by atoms with E-state index >= 15 is 0 Å². The molecule has 1 amide bonds. The minimum absolute atomic E-state index is 0.0117. The van der Waals surface area contributed by atoms with Crippen LogP contribution < -0.4 is 5.32 Å². The largest absolute Gasteiger partial charge is 0.325 e. The number of benzene rings is 1. The molecule has 0 saturated carbocycles. The van der Waals surface area contributed by atoms with E-state index in [1.54, 1.807) is 18.7 Å². The molecule has 0 aliphatic carbocycles. The number of nitrogens with one attached hydrogen (secondary N) is 1. The van der Waals surface area contributed by atoms with E-state index in [1.807, 2.05) is 43.5 Å². The molecule has 1 aromatic carbocycles. The van der Waals surface area contributed by atoms with E-state index in [4.69, 9.17) is 4.98 Å². The molecule has 1 aliphatic heterocycles. The molecular weight excluding hydrogens is 414 g/mol. The van der Waals surface area contributed by atoms with Gasteiger partial charge in [-0.25, -0.2) is 24.9 Å². The number of imidazole rings is 1. The summed E-state index contributed by atoms with van der Waals surface area (Å²) >= 11 is 0. The maximum Gasteiger partial charge on any atom is 0.235 e. The lowest BCUT2D eigenvalue weighted by atomic mass is 9.78. The molecule has 1 atom stereocenters. The van der Waals surface area contributed by atoms with Crippen LogP contribution in [0.4, 0.5) is 5.69 Å². The van der Waals surface area contributed by atoms with Crippen molar-refractivity contribution in [1.82, 2.24) is 29.5 Å². The van der Waals surface area contributed by atoms with Crippen molar-refractivity contribution in [2.75, 3.05) is 5.32 Å². The molecule has 1 unspecified atom stereocenters. The minimum Gasteiger partial charge on any atom is -0.325 e. The molecule has 5 rings (SSSR count). The quantitative estimate of drug-likeness (QED) is 0.461. The van der Waals surface area contributed by atoms with Crippen molar-refractivity contribution in [2.45, 2.75) is 46.1 Å². The van der Waals surface area contributed by atoms with Crippen LogP contribution in [0.5, 0.6) is 0 Å². The Hall–Kier alpha value is -3.94. The van der Waals surface area contributed by atoms with Gasteiger partial charge in [0.2, 0.25) is 5.91 Å². The molecule has 33 heavy (non-hydrogen) atoms.